The number of aryl methyl sites for hydroxylation is 2. The first-order valence-electron chi connectivity index (χ1n) is 6.21. The third-order valence-corrected chi connectivity index (χ3v) is 3.07. The third-order valence-electron chi connectivity index (χ3n) is 3.07. The molecule has 4 heteroatoms. The normalized spacial score (nSPS) is 10.3. The molecule has 0 fully saturated rings. The molecule has 2 aromatic rings. The van der Waals surface area contributed by atoms with Crippen molar-refractivity contribution in [2.45, 2.75) is 12.8 Å². The second-order valence-electron chi connectivity index (χ2n) is 4.42. The number of ether oxygens (including phenoxy) is 1. The summed E-state index contributed by atoms with van der Waals surface area (Å²) in [4.78, 5) is 11.3. The molecule has 0 amide bonds. The maximum absolute atomic E-state index is 13.5. The van der Waals surface area contributed by atoms with Crippen LogP contribution >= 0.6 is 0 Å². The Labute approximate surface area is 116 Å². The number of hydrogen-bond acceptors (Lipinski definition) is 2. The smallest absolute Gasteiger partial charge is 0.337 e. The molecule has 0 radical (unpaired) electrons. The van der Waals surface area contributed by atoms with Gasteiger partial charge in [-0.3, -0.25) is 0 Å². The predicted molar refractivity (Wildman–Crippen MR) is 71.5 cm³/mol. The lowest BCUT2D eigenvalue weighted by Gasteiger charge is -2.05. The number of hydrogen-bond donors (Lipinski definition) is 0. The van der Waals surface area contributed by atoms with E-state index in [1.807, 2.05) is 0 Å². The van der Waals surface area contributed by atoms with Crippen molar-refractivity contribution in [3.63, 3.8) is 0 Å². The summed E-state index contributed by atoms with van der Waals surface area (Å²) in [5, 5.41) is 0. The quantitative estimate of drug-likeness (QED) is 0.798. The van der Waals surface area contributed by atoms with E-state index < -0.39 is 11.6 Å². The molecule has 0 spiro atoms. The number of esters is 1. The summed E-state index contributed by atoms with van der Waals surface area (Å²) < 4.78 is 30.9. The average Bonchev–Trinajstić information content (AvgIpc) is 2.46. The Morgan fingerprint density at radius 2 is 1.75 bits per heavy atom. The summed E-state index contributed by atoms with van der Waals surface area (Å²) in [5.74, 6) is -1.49. The lowest BCUT2D eigenvalue weighted by Crippen LogP contribution is -2.01. The van der Waals surface area contributed by atoms with Crippen LogP contribution in [0, 0.1) is 11.6 Å². The molecule has 20 heavy (non-hydrogen) atoms. The van der Waals surface area contributed by atoms with Crippen LogP contribution in [0.15, 0.2) is 42.5 Å². The van der Waals surface area contributed by atoms with E-state index in [1.165, 1.54) is 19.2 Å². The second-order valence-corrected chi connectivity index (χ2v) is 4.42. The molecule has 0 aliphatic carbocycles. The van der Waals surface area contributed by atoms with E-state index in [4.69, 9.17) is 0 Å². The maximum Gasteiger partial charge on any atom is 0.337 e. The van der Waals surface area contributed by atoms with Gasteiger partial charge in [0.05, 0.1) is 12.7 Å². The molecule has 0 aliphatic rings. The lowest BCUT2D eigenvalue weighted by atomic mass is 10.0. The largest absolute Gasteiger partial charge is 0.465 e. The highest BCUT2D eigenvalue weighted by Gasteiger charge is 2.06. The highest BCUT2D eigenvalue weighted by molar-refractivity contribution is 5.89. The maximum atomic E-state index is 13.5. The monoisotopic (exact) mass is 276 g/mol. The first kappa shape index (κ1) is 14.2. The van der Waals surface area contributed by atoms with Gasteiger partial charge in [0.2, 0.25) is 0 Å². The molecule has 0 heterocycles. The second kappa shape index (κ2) is 6.28. The van der Waals surface area contributed by atoms with E-state index in [9.17, 15) is 13.6 Å². The van der Waals surface area contributed by atoms with Crippen LogP contribution in [-0.2, 0) is 17.6 Å². The van der Waals surface area contributed by atoms with Gasteiger partial charge in [0.15, 0.2) is 0 Å². The van der Waals surface area contributed by atoms with Gasteiger partial charge in [-0.1, -0.05) is 18.2 Å². The fourth-order valence-electron chi connectivity index (χ4n) is 1.93. The Kier molecular flexibility index (Phi) is 4.45. The van der Waals surface area contributed by atoms with Crippen molar-refractivity contribution in [3.05, 3.63) is 70.8 Å². The van der Waals surface area contributed by atoms with Gasteiger partial charge in [-0.05, 0) is 42.2 Å². The molecule has 0 saturated heterocycles. The van der Waals surface area contributed by atoms with Crippen molar-refractivity contribution in [2.75, 3.05) is 7.11 Å². The molecule has 0 unspecified atom stereocenters. The van der Waals surface area contributed by atoms with Crippen molar-refractivity contribution in [3.8, 4) is 0 Å². The highest BCUT2D eigenvalue weighted by atomic mass is 19.1. The minimum atomic E-state index is -0.575. The standard InChI is InChI=1S/C16H14F2O2/c1-20-16(19)13-6-3-11(4-7-13)2-5-12-8-9-14(17)10-15(12)18/h3-4,6-10H,2,5H2,1H3. The van der Waals surface area contributed by atoms with Crippen molar-refractivity contribution in [1.29, 1.82) is 0 Å². The molecule has 2 aromatic carbocycles. The van der Waals surface area contributed by atoms with E-state index in [0.717, 1.165) is 11.6 Å². The summed E-state index contributed by atoms with van der Waals surface area (Å²) >= 11 is 0. The molecule has 0 bridgehead atoms. The summed E-state index contributed by atoms with van der Waals surface area (Å²) in [6.07, 6.45) is 1.09. The fraction of sp³-hybridized carbons (Fsp3) is 0.188. The molecule has 2 rings (SSSR count). The molecule has 0 aromatic heterocycles. The SMILES string of the molecule is COC(=O)c1ccc(CCc2ccc(F)cc2F)cc1. The Morgan fingerprint density at radius 3 is 2.35 bits per heavy atom. The Hall–Kier alpha value is -2.23. The van der Waals surface area contributed by atoms with Gasteiger partial charge in [-0.2, -0.15) is 0 Å². The van der Waals surface area contributed by atoms with Gasteiger partial charge in [0, 0.05) is 6.07 Å². The van der Waals surface area contributed by atoms with E-state index in [-0.39, 0.29) is 5.97 Å². The summed E-state index contributed by atoms with van der Waals surface area (Å²) in [6.45, 7) is 0. The third kappa shape index (κ3) is 3.41. The molecule has 0 saturated carbocycles. The van der Waals surface area contributed by atoms with Crippen LogP contribution in [0.5, 0.6) is 0 Å². The van der Waals surface area contributed by atoms with Crippen molar-refractivity contribution < 1.29 is 18.3 Å². The summed E-state index contributed by atoms with van der Waals surface area (Å²) in [5.41, 5.74) is 1.93. The Bertz CT molecular complexity index is 606. The number of rotatable bonds is 4. The highest BCUT2D eigenvalue weighted by Crippen LogP contribution is 2.14. The molecule has 0 atom stereocenters. The van der Waals surface area contributed by atoms with Crippen LogP contribution in [0.25, 0.3) is 0 Å². The van der Waals surface area contributed by atoms with Crippen LogP contribution in [0.2, 0.25) is 0 Å². The van der Waals surface area contributed by atoms with Crippen molar-refractivity contribution in [2.24, 2.45) is 0 Å². The van der Waals surface area contributed by atoms with Crippen LogP contribution < -0.4 is 0 Å². The van der Waals surface area contributed by atoms with Crippen LogP contribution in [0.4, 0.5) is 8.78 Å². The topological polar surface area (TPSA) is 26.3 Å². The van der Waals surface area contributed by atoms with Gasteiger partial charge < -0.3 is 4.74 Å². The zero-order chi connectivity index (χ0) is 14.5. The molecule has 2 nitrogen and oxygen atoms in total. The fourth-order valence-corrected chi connectivity index (χ4v) is 1.93. The zero-order valence-corrected chi connectivity index (χ0v) is 11.0. The van der Waals surface area contributed by atoms with Gasteiger partial charge in [-0.15, -0.1) is 0 Å². The minimum Gasteiger partial charge on any atom is -0.465 e. The van der Waals surface area contributed by atoms with Crippen LogP contribution in [0.3, 0.4) is 0 Å². The van der Waals surface area contributed by atoms with E-state index in [0.29, 0.717) is 24.0 Å². The van der Waals surface area contributed by atoms with Crippen molar-refractivity contribution in [1.82, 2.24) is 0 Å². The number of methoxy groups -OCH3 is 1. The molecular formula is C16H14F2O2. The minimum absolute atomic E-state index is 0.388. The van der Waals surface area contributed by atoms with Gasteiger partial charge in [0.1, 0.15) is 11.6 Å². The molecule has 0 aliphatic heterocycles. The van der Waals surface area contributed by atoms with E-state index in [2.05, 4.69) is 4.74 Å². The van der Waals surface area contributed by atoms with Gasteiger partial charge in [0.25, 0.3) is 0 Å². The molecular weight excluding hydrogens is 262 g/mol. The summed E-state index contributed by atoms with van der Waals surface area (Å²) in [7, 11) is 1.33. The van der Waals surface area contributed by atoms with Crippen molar-refractivity contribution >= 4 is 5.97 Å². The number of carbonyl (C=O) groups excluding carboxylic acids is 1. The summed E-state index contributed by atoms with van der Waals surface area (Å²) in [6, 6.07) is 10.5. The first-order valence-corrected chi connectivity index (χ1v) is 6.21. The number of benzene rings is 2. The van der Waals surface area contributed by atoms with Gasteiger partial charge in [-0.25, -0.2) is 13.6 Å². The van der Waals surface area contributed by atoms with E-state index in [1.54, 1.807) is 24.3 Å². The Morgan fingerprint density at radius 1 is 1.05 bits per heavy atom. The molecule has 104 valence electrons. The lowest BCUT2D eigenvalue weighted by molar-refractivity contribution is 0.0600. The number of carbonyl (C=O) groups is 1. The zero-order valence-electron chi connectivity index (χ0n) is 11.0. The Balaban J connectivity index is 2.02. The predicted octanol–water partition coefficient (Wildman–Crippen LogP) is 3.54. The van der Waals surface area contributed by atoms with Crippen LogP contribution in [0.1, 0.15) is 21.5 Å². The van der Waals surface area contributed by atoms with Crippen LogP contribution in [-0.4, -0.2) is 13.1 Å². The number of halogens is 2. The molecule has 0 N–H and O–H groups in total. The van der Waals surface area contributed by atoms with E-state index >= 15 is 0 Å². The van der Waals surface area contributed by atoms with Gasteiger partial charge >= 0.3 is 5.97 Å². The average molecular weight is 276 g/mol. The first-order chi connectivity index (χ1) is 9.60.